The largest absolute Gasteiger partial charge is 0.419 e. The zero-order valence-electron chi connectivity index (χ0n) is 15.6. The van der Waals surface area contributed by atoms with E-state index in [9.17, 15) is 14.4 Å². The van der Waals surface area contributed by atoms with Gasteiger partial charge in [-0.2, -0.15) is 0 Å². The second kappa shape index (κ2) is 9.39. The van der Waals surface area contributed by atoms with E-state index >= 15 is 0 Å². The lowest BCUT2D eigenvalue weighted by Crippen LogP contribution is -2.35. The van der Waals surface area contributed by atoms with E-state index in [1.54, 1.807) is 10.6 Å². The highest BCUT2D eigenvalue weighted by Gasteiger charge is 2.15. The Morgan fingerprint density at radius 3 is 2.56 bits per heavy atom. The van der Waals surface area contributed by atoms with E-state index in [0.717, 1.165) is 31.4 Å². The van der Waals surface area contributed by atoms with Crippen LogP contribution in [0.2, 0.25) is 0 Å². The fourth-order valence-corrected chi connectivity index (χ4v) is 3.50. The molecule has 0 bridgehead atoms. The van der Waals surface area contributed by atoms with Crippen LogP contribution in [0.5, 0.6) is 0 Å². The van der Waals surface area contributed by atoms with Gasteiger partial charge >= 0.3 is 5.76 Å². The number of fused-ring (bicyclic) bond motifs is 1. The van der Waals surface area contributed by atoms with Crippen LogP contribution >= 0.6 is 0 Å². The summed E-state index contributed by atoms with van der Waals surface area (Å²) in [4.78, 5) is 38.0. The van der Waals surface area contributed by atoms with Gasteiger partial charge in [0, 0.05) is 39.0 Å². The van der Waals surface area contributed by atoms with Crippen molar-refractivity contribution in [1.82, 2.24) is 14.8 Å². The highest BCUT2D eigenvalue weighted by Crippen LogP contribution is 2.12. The second-order valence-corrected chi connectivity index (χ2v) is 6.99. The number of carbonyl (C=O) groups is 2. The van der Waals surface area contributed by atoms with Crippen molar-refractivity contribution in [1.29, 1.82) is 0 Å². The summed E-state index contributed by atoms with van der Waals surface area (Å²) in [5.41, 5.74) is 1.30. The van der Waals surface area contributed by atoms with Gasteiger partial charge in [0.25, 0.3) is 0 Å². The summed E-state index contributed by atoms with van der Waals surface area (Å²) in [6.45, 7) is 2.46. The minimum atomic E-state index is -0.403. The Kier molecular flexibility index (Phi) is 6.68. The van der Waals surface area contributed by atoms with Crippen molar-refractivity contribution in [2.24, 2.45) is 0 Å². The molecule has 27 heavy (non-hydrogen) atoms. The number of hydrogen-bond acceptors (Lipinski definition) is 4. The zero-order chi connectivity index (χ0) is 19.1. The number of para-hydroxylation sites is 2. The number of aromatic nitrogens is 1. The molecule has 1 aromatic carbocycles. The molecule has 2 aromatic rings. The molecule has 7 nitrogen and oxygen atoms in total. The predicted octanol–water partition coefficient (Wildman–Crippen LogP) is 2.28. The van der Waals surface area contributed by atoms with Crippen molar-refractivity contribution in [3.05, 3.63) is 34.8 Å². The van der Waals surface area contributed by atoms with Crippen molar-refractivity contribution < 1.29 is 14.0 Å². The minimum absolute atomic E-state index is 0.0977. The van der Waals surface area contributed by atoms with Crippen LogP contribution in [0.15, 0.2) is 33.5 Å². The Hall–Kier alpha value is -2.57. The van der Waals surface area contributed by atoms with E-state index in [0.29, 0.717) is 37.9 Å². The summed E-state index contributed by atoms with van der Waals surface area (Å²) >= 11 is 0. The van der Waals surface area contributed by atoms with E-state index in [1.165, 1.54) is 12.8 Å². The number of nitrogens with zero attached hydrogens (tertiary/aromatic N) is 2. The summed E-state index contributed by atoms with van der Waals surface area (Å²) in [5.74, 6) is -0.382. The van der Waals surface area contributed by atoms with Crippen LogP contribution in [0.3, 0.4) is 0 Å². The van der Waals surface area contributed by atoms with Crippen LogP contribution in [-0.2, 0) is 16.1 Å². The molecule has 0 radical (unpaired) electrons. The van der Waals surface area contributed by atoms with Crippen LogP contribution in [0.25, 0.3) is 11.1 Å². The number of amides is 2. The SMILES string of the molecule is O=C(CCCn1c(=O)oc2ccccc21)NCCC(=O)N1CCCCCC1. The number of oxazole rings is 1. The first-order chi connectivity index (χ1) is 13.1. The average molecular weight is 373 g/mol. The zero-order valence-corrected chi connectivity index (χ0v) is 15.6. The Labute approximate surface area is 158 Å². The van der Waals surface area contributed by atoms with Crippen LogP contribution in [-0.4, -0.2) is 40.9 Å². The maximum atomic E-state index is 12.2. The summed E-state index contributed by atoms with van der Waals surface area (Å²) in [6, 6.07) is 7.24. The quantitative estimate of drug-likeness (QED) is 0.807. The second-order valence-electron chi connectivity index (χ2n) is 6.99. The number of aryl methyl sites for hydroxylation is 1. The average Bonchev–Trinajstić information content (AvgIpc) is 2.84. The van der Waals surface area contributed by atoms with E-state index in [2.05, 4.69) is 5.32 Å². The van der Waals surface area contributed by atoms with Gasteiger partial charge in [0.05, 0.1) is 5.52 Å². The molecule has 1 saturated heterocycles. The van der Waals surface area contributed by atoms with Gasteiger partial charge in [-0.1, -0.05) is 25.0 Å². The van der Waals surface area contributed by atoms with Gasteiger partial charge in [0.2, 0.25) is 11.8 Å². The van der Waals surface area contributed by atoms with Gasteiger partial charge in [-0.05, 0) is 31.4 Å². The van der Waals surface area contributed by atoms with Crippen molar-refractivity contribution in [2.75, 3.05) is 19.6 Å². The standard InChI is InChI=1S/C20H27N3O4/c24-18(21-12-11-19(25)22-13-5-1-2-6-14-22)10-7-15-23-16-8-3-4-9-17(16)27-20(23)26/h3-4,8-9H,1-2,5-7,10-15H2,(H,21,24). The number of benzene rings is 1. The normalized spacial score (nSPS) is 14.9. The molecule has 1 N–H and O–H groups in total. The summed E-state index contributed by atoms with van der Waals surface area (Å²) in [6.07, 6.45) is 5.71. The molecule has 1 aliphatic rings. The molecule has 7 heteroatoms. The molecule has 0 unspecified atom stereocenters. The van der Waals surface area contributed by atoms with Crippen LogP contribution in [0, 0.1) is 0 Å². The van der Waals surface area contributed by atoms with Gasteiger partial charge in [-0.15, -0.1) is 0 Å². The van der Waals surface area contributed by atoms with E-state index in [1.807, 2.05) is 23.1 Å². The lowest BCUT2D eigenvalue weighted by molar-refractivity contribution is -0.131. The third-order valence-electron chi connectivity index (χ3n) is 4.98. The number of carbonyl (C=O) groups excluding carboxylic acids is 2. The Balaban J connectivity index is 1.38. The molecule has 1 fully saturated rings. The van der Waals surface area contributed by atoms with Crippen LogP contribution in [0.1, 0.15) is 44.9 Å². The van der Waals surface area contributed by atoms with Gasteiger partial charge in [-0.3, -0.25) is 14.2 Å². The van der Waals surface area contributed by atoms with Gasteiger partial charge in [0.1, 0.15) is 0 Å². The molecular formula is C20H27N3O4. The first kappa shape index (κ1) is 19.2. The number of likely N-dealkylation sites (tertiary alicyclic amines) is 1. The highest BCUT2D eigenvalue weighted by molar-refractivity contribution is 5.79. The molecule has 3 rings (SSSR count). The fourth-order valence-electron chi connectivity index (χ4n) is 3.50. The first-order valence-electron chi connectivity index (χ1n) is 9.78. The molecule has 0 aliphatic carbocycles. The van der Waals surface area contributed by atoms with Gasteiger partial charge in [0.15, 0.2) is 5.58 Å². The first-order valence-corrected chi connectivity index (χ1v) is 9.78. The van der Waals surface area contributed by atoms with E-state index in [-0.39, 0.29) is 11.8 Å². The molecule has 146 valence electrons. The fraction of sp³-hybridized carbons (Fsp3) is 0.550. The summed E-state index contributed by atoms with van der Waals surface area (Å²) in [5, 5.41) is 2.80. The van der Waals surface area contributed by atoms with E-state index < -0.39 is 5.76 Å². The van der Waals surface area contributed by atoms with Crippen molar-refractivity contribution >= 4 is 22.9 Å². The molecule has 0 saturated carbocycles. The van der Waals surface area contributed by atoms with Crippen molar-refractivity contribution in [2.45, 2.75) is 51.5 Å². The third-order valence-corrected chi connectivity index (χ3v) is 4.98. The predicted molar refractivity (Wildman–Crippen MR) is 102 cm³/mol. The van der Waals surface area contributed by atoms with Crippen LogP contribution in [0.4, 0.5) is 0 Å². The topological polar surface area (TPSA) is 84.5 Å². The smallest absolute Gasteiger partial charge is 0.408 e. The van der Waals surface area contributed by atoms with Gasteiger partial charge in [-0.25, -0.2) is 4.79 Å². The number of nitrogens with one attached hydrogen (secondary N) is 1. The number of hydrogen-bond donors (Lipinski definition) is 1. The molecular weight excluding hydrogens is 346 g/mol. The highest BCUT2D eigenvalue weighted by atomic mass is 16.4. The molecule has 0 spiro atoms. The maximum absolute atomic E-state index is 12.2. The van der Waals surface area contributed by atoms with Crippen molar-refractivity contribution in [3.8, 4) is 0 Å². The van der Waals surface area contributed by atoms with Crippen LogP contribution < -0.4 is 11.1 Å². The Morgan fingerprint density at radius 2 is 1.78 bits per heavy atom. The molecule has 1 aromatic heterocycles. The molecule has 1 aliphatic heterocycles. The van der Waals surface area contributed by atoms with Gasteiger partial charge < -0.3 is 14.6 Å². The van der Waals surface area contributed by atoms with E-state index in [4.69, 9.17) is 4.42 Å². The Morgan fingerprint density at radius 1 is 1.04 bits per heavy atom. The summed E-state index contributed by atoms with van der Waals surface area (Å²) < 4.78 is 6.73. The third kappa shape index (κ3) is 5.21. The molecule has 0 atom stereocenters. The monoisotopic (exact) mass is 373 g/mol. The Bertz CT molecular complexity index is 831. The lowest BCUT2D eigenvalue weighted by atomic mass is 10.2. The number of rotatable bonds is 7. The molecule has 2 heterocycles. The summed E-state index contributed by atoms with van der Waals surface area (Å²) in [7, 11) is 0. The minimum Gasteiger partial charge on any atom is -0.408 e. The van der Waals surface area contributed by atoms with Crippen molar-refractivity contribution in [3.63, 3.8) is 0 Å². The maximum Gasteiger partial charge on any atom is 0.419 e. The lowest BCUT2D eigenvalue weighted by Gasteiger charge is -2.20. The molecule has 2 amide bonds.